The van der Waals surface area contributed by atoms with Gasteiger partial charge in [0.2, 0.25) is 0 Å². The fourth-order valence-electron chi connectivity index (χ4n) is 6.01. The zero-order valence-electron chi connectivity index (χ0n) is 22.4. The minimum atomic E-state index is -2.88. The summed E-state index contributed by atoms with van der Waals surface area (Å²) in [5.41, 5.74) is 8.32. The van der Waals surface area contributed by atoms with Gasteiger partial charge in [-0.15, -0.1) is 0 Å². The molecule has 0 saturated heterocycles. The van der Waals surface area contributed by atoms with E-state index in [0.717, 1.165) is 16.7 Å². The molecule has 2 nitrogen and oxygen atoms in total. The van der Waals surface area contributed by atoms with Crippen LogP contribution in [0.4, 0.5) is 0 Å². The van der Waals surface area contributed by atoms with E-state index in [2.05, 4.69) is 138 Å². The number of halogens is 2. The Morgan fingerprint density at radius 3 is 1.50 bits per heavy atom. The van der Waals surface area contributed by atoms with Gasteiger partial charge >= 0.3 is 235 Å². The number of hydrogen-bond acceptors (Lipinski definition) is 1. The molecule has 0 heterocycles. The molecule has 0 fully saturated rings. The Hall–Kier alpha value is -2.75. The molecule has 1 N–H and O–H groups in total. The molecule has 1 aliphatic carbocycles. The third kappa shape index (κ3) is 5.69. The van der Waals surface area contributed by atoms with Gasteiger partial charge in [-0.3, -0.25) is 0 Å². The summed E-state index contributed by atoms with van der Waals surface area (Å²) in [5.74, 6) is -1.68. The average Bonchev–Trinajstić information content (AvgIpc) is 3.28. The van der Waals surface area contributed by atoms with E-state index in [4.69, 9.17) is 0 Å². The zero-order valence-corrected chi connectivity index (χ0v) is 27.6. The van der Waals surface area contributed by atoms with Gasteiger partial charge in [0.25, 0.3) is 0 Å². The molecule has 6 heteroatoms. The van der Waals surface area contributed by atoms with E-state index in [0.29, 0.717) is 0 Å². The van der Waals surface area contributed by atoms with E-state index in [1.54, 1.807) is 0 Å². The normalized spacial score (nSPS) is 11.6. The molecular formula is C34H30Cl2NOSiZr. The number of benzene rings is 5. The maximum Gasteiger partial charge on any atom is -1.00 e. The molecule has 6 rings (SSSR count). The van der Waals surface area contributed by atoms with Gasteiger partial charge in [-0.1, -0.05) is 0 Å². The Balaban J connectivity index is 0.00000185. The van der Waals surface area contributed by atoms with Crippen LogP contribution in [0.1, 0.15) is 36.2 Å². The molecule has 0 aromatic heterocycles. The van der Waals surface area contributed by atoms with Crippen molar-refractivity contribution in [3.05, 3.63) is 155 Å². The van der Waals surface area contributed by atoms with Gasteiger partial charge in [-0.25, -0.2) is 0 Å². The van der Waals surface area contributed by atoms with Crippen LogP contribution in [-0.4, -0.2) is 11.8 Å². The molecule has 0 atom stereocenters. The van der Waals surface area contributed by atoms with Crippen molar-refractivity contribution in [2.45, 2.75) is 17.5 Å². The second-order valence-corrected chi connectivity index (χ2v) is 24.4. The van der Waals surface area contributed by atoms with E-state index < -0.39 is 27.1 Å². The van der Waals surface area contributed by atoms with E-state index in [1.165, 1.54) is 32.6 Å². The van der Waals surface area contributed by atoms with E-state index in [9.17, 15) is 4.79 Å². The number of carbonyl (C=O) groups is 1. The van der Waals surface area contributed by atoms with Crippen LogP contribution < -0.4 is 38.4 Å². The Morgan fingerprint density at radius 1 is 0.600 bits per heavy atom. The van der Waals surface area contributed by atoms with Crippen LogP contribution in [0.15, 0.2) is 127 Å². The second-order valence-electron chi connectivity index (χ2n) is 10.0. The maximum absolute atomic E-state index is 14.2. The summed E-state index contributed by atoms with van der Waals surface area (Å²) < 4.78 is 4.11. The molecule has 0 bridgehead atoms. The molecule has 1 aliphatic rings. The monoisotopic (exact) mass is 656 g/mol. The molecule has 0 saturated carbocycles. The number of nitrogens with one attached hydrogen (secondary N) is 1. The molecule has 199 valence electrons. The first kappa shape index (κ1) is 30.2. The number of fused-ring (bicyclic) bond motifs is 3. The molecule has 5 aromatic carbocycles. The summed E-state index contributed by atoms with van der Waals surface area (Å²) in [6.45, 7) is 4.10. The molecule has 0 unspecified atom stereocenters. The standard InChI is InChI=1S/C13H9.C12H11Si.C9H11NO.2ClH.Zr/c1-3-7-12-10(5-1)9-11-6-2-4-8-13(11)12;1-3-7-11(8-4-1)13-12-9-5-2-6-10-12;1-6-4-3-5-7(2)8(6)9(10)11;;;/h1-9H;1-10,13H;3-5H,1-2H3,(H2,10,11);2*1H;/q;;;;;+3/p-3. The van der Waals surface area contributed by atoms with Gasteiger partial charge in [0.1, 0.15) is 0 Å². The van der Waals surface area contributed by atoms with Crippen LogP contribution in [0.2, 0.25) is 0 Å². The Bertz CT molecular complexity index is 1510. The second kappa shape index (κ2) is 13.3. The SMILES string of the molecule is Cc1cccc(C)c1C(=O)[NH][Zr+2]([CH]1c2ccccc2-c2ccccc21)[SiH](c1ccccc1)c1ccccc1.[Cl-].[Cl-]. The van der Waals surface area contributed by atoms with Crippen molar-refractivity contribution in [2.75, 3.05) is 0 Å². The predicted octanol–water partition coefficient (Wildman–Crippen LogP) is -0.117. The van der Waals surface area contributed by atoms with Gasteiger partial charge in [0.15, 0.2) is 0 Å². The summed E-state index contributed by atoms with van der Waals surface area (Å²) in [6.07, 6.45) is 0. The van der Waals surface area contributed by atoms with Crippen LogP contribution in [-0.2, 0) is 21.2 Å². The van der Waals surface area contributed by atoms with Crippen molar-refractivity contribution < 1.29 is 50.8 Å². The molecule has 0 aliphatic heterocycles. The minimum absolute atomic E-state index is 0. The van der Waals surface area contributed by atoms with E-state index in [-0.39, 0.29) is 34.3 Å². The Kier molecular flexibility index (Phi) is 10.0. The number of amides is 1. The summed E-state index contributed by atoms with van der Waals surface area (Å²) in [4.78, 5) is 14.2. The largest absolute Gasteiger partial charge is 1.00 e. The number of aryl methyl sites for hydroxylation is 2. The summed E-state index contributed by atoms with van der Waals surface area (Å²) >= 11 is -2.88. The first-order valence-electron chi connectivity index (χ1n) is 13.2. The third-order valence-electron chi connectivity index (χ3n) is 7.69. The fourth-order valence-corrected chi connectivity index (χ4v) is 27.6. The first-order chi connectivity index (χ1) is 18.6. The van der Waals surface area contributed by atoms with Crippen molar-refractivity contribution in [3.8, 4) is 11.1 Å². The molecular weight excluding hydrogens is 629 g/mol. The first-order valence-corrected chi connectivity index (χ1v) is 21.8. The van der Waals surface area contributed by atoms with Gasteiger partial charge in [-0.05, 0) is 0 Å². The van der Waals surface area contributed by atoms with Gasteiger partial charge < -0.3 is 24.8 Å². The average molecular weight is 659 g/mol. The van der Waals surface area contributed by atoms with Crippen molar-refractivity contribution >= 4 is 22.2 Å². The van der Waals surface area contributed by atoms with Crippen molar-refractivity contribution in [2.24, 2.45) is 0 Å². The molecule has 40 heavy (non-hydrogen) atoms. The molecule has 5 aromatic rings. The quantitative estimate of drug-likeness (QED) is 0.254. The third-order valence-corrected chi connectivity index (χ3v) is 27.1. The predicted molar refractivity (Wildman–Crippen MR) is 156 cm³/mol. The number of rotatable bonds is 6. The molecule has 0 spiro atoms. The van der Waals surface area contributed by atoms with Crippen molar-refractivity contribution in [1.29, 1.82) is 0 Å². The summed E-state index contributed by atoms with van der Waals surface area (Å²) in [6, 6.07) is 45.8. The van der Waals surface area contributed by atoms with Crippen LogP contribution in [0, 0.1) is 13.8 Å². The van der Waals surface area contributed by atoms with Crippen LogP contribution in [0.3, 0.4) is 0 Å². The van der Waals surface area contributed by atoms with Crippen LogP contribution >= 0.6 is 0 Å². The topological polar surface area (TPSA) is 29.1 Å². The number of carbonyl (C=O) groups excluding carboxylic acids is 1. The van der Waals surface area contributed by atoms with E-state index >= 15 is 0 Å². The van der Waals surface area contributed by atoms with Crippen molar-refractivity contribution in [1.82, 2.24) is 3.26 Å². The van der Waals surface area contributed by atoms with Gasteiger partial charge in [0.05, 0.1) is 0 Å². The Labute approximate surface area is 258 Å². The Morgan fingerprint density at radius 2 is 1.02 bits per heavy atom. The zero-order chi connectivity index (χ0) is 26.1. The molecule has 0 radical (unpaired) electrons. The van der Waals surface area contributed by atoms with Crippen molar-refractivity contribution in [3.63, 3.8) is 0 Å². The van der Waals surface area contributed by atoms with Crippen LogP contribution in [0.25, 0.3) is 11.1 Å². The minimum Gasteiger partial charge on any atom is -1.00 e. The van der Waals surface area contributed by atoms with Gasteiger partial charge in [-0.2, -0.15) is 0 Å². The van der Waals surface area contributed by atoms with Crippen LogP contribution in [0.5, 0.6) is 0 Å². The van der Waals surface area contributed by atoms with Gasteiger partial charge in [0, 0.05) is 0 Å². The summed E-state index contributed by atoms with van der Waals surface area (Å²) in [7, 11) is 0. The van der Waals surface area contributed by atoms with E-state index in [1.807, 2.05) is 6.07 Å². The fraction of sp³-hybridized carbons (Fsp3) is 0.0882. The smallest absolute Gasteiger partial charge is 1.00 e. The number of hydrogen-bond donors (Lipinski definition) is 1. The summed E-state index contributed by atoms with van der Waals surface area (Å²) in [5, 5.41) is 2.83. The maximum atomic E-state index is 14.2. The molecule has 1 amide bonds.